The van der Waals surface area contributed by atoms with E-state index < -0.39 is 6.10 Å². The summed E-state index contributed by atoms with van der Waals surface area (Å²) in [6.45, 7) is 1.59. The summed E-state index contributed by atoms with van der Waals surface area (Å²) in [5, 5.41) is 10.2. The van der Waals surface area contributed by atoms with Gasteiger partial charge in [0, 0.05) is 18.8 Å². The number of aliphatic hydroxyl groups is 1. The molecule has 3 heteroatoms. The van der Waals surface area contributed by atoms with Crippen LogP contribution >= 0.6 is 0 Å². The molecule has 0 spiro atoms. The van der Waals surface area contributed by atoms with Crippen molar-refractivity contribution in [3.05, 3.63) is 29.8 Å². The topological polar surface area (TPSA) is 38.7 Å². The van der Waals surface area contributed by atoms with Crippen LogP contribution < -0.4 is 4.74 Å². The van der Waals surface area contributed by atoms with Gasteiger partial charge in [-0.3, -0.25) is 0 Å². The molecule has 2 unspecified atom stereocenters. The lowest BCUT2D eigenvalue weighted by atomic mass is 9.96. The third-order valence-electron chi connectivity index (χ3n) is 3.08. The van der Waals surface area contributed by atoms with Gasteiger partial charge in [0.1, 0.15) is 5.75 Å². The van der Waals surface area contributed by atoms with Gasteiger partial charge in [0.25, 0.3) is 0 Å². The van der Waals surface area contributed by atoms with E-state index in [1.54, 1.807) is 7.11 Å². The van der Waals surface area contributed by atoms with Crippen LogP contribution in [0.25, 0.3) is 0 Å². The third kappa shape index (κ3) is 2.54. The lowest BCUT2D eigenvalue weighted by molar-refractivity contribution is 0.127. The van der Waals surface area contributed by atoms with Crippen LogP contribution in [0.5, 0.6) is 5.75 Å². The monoisotopic (exact) mass is 222 g/mol. The summed E-state index contributed by atoms with van der Waals surface area (Å²) in [6, 6.07) is 7.63. The number of rotatable bonds is 4. The molecule has 0 aromatic heterocycles. The zero-order chi connectivity index (χ0) is 11.4. The molecule has 2 rings (SSSR count). The summed E-state index contributed by atoms with van der Waals surface area (Å²) in [5.41, 5.74) is 0.872. The Balaban J connectivity index is 2.04. The Morgan fingerprint density at radius 3 is 3.00 bits per heavy atom. The van der Waals surface area contributed by atoms with Gasteiger partial charge in [0.2, 0.25) is 0 Å². The molecule has 1 aromatic rings. The van der Waals surface area contributed by atoms with E-state index in [0.29, 0.717) is 5.92 Å². The standard InChI is InChI=1S/C13H18O3/c1-15-13-5-3-2-4-11(13)12(14)8-10-6-7-16-9-10/h2-5,10,12,14H,6-9H2,1H3. The maximum absolute atomic E-state index is 10.2. The molecule has 1 N–H and O–H groups in total. The zero-order valence-corrected chi connectivity index (χ0v) is 9.56. The first-order valence-corrected chi connectivity index (χ1v) is 5.70. The highest BCUT2D eigenvalue weighted by atomic mass is 16.5. The normalized spacial score (nSPS) is 22.0. The van der Waals surface area contributed by atoms with Gasteiger partial charge >= 0.3 is 0 Å². The van der Waals surface area contributed by atoms with Crippen molar-refractivity contribution in [2.24, 2.45) is 5.92 Å². The van der Waals surface area contributed by atoms with Gasteiger partial charge in [-0.05, 0) is 24.8 Å². The van der Waals surface area contributed by atoms with Gasteiger partial charge in [-0.1, -0.05) is 18.2 Å². The van der Waals surface area contributed by atoms with Crippen molar-refractivity contribution in [1.82, 2.24) is 0 Å². The molecule has 0 bridgehead atoms. The van der Waals surface area contributed by atoms with Crippen LogP contribution in [0.4, 0.5) is 0 Å². The smallest absolute Gasteiger partial charge is 0.124 e. The van der Waals surface area contributed by atoms with E-state index >= 15 is 0 Å². The predicted molar refractivity (Wildman–Crippen MR) is 61.5 cm³/mol. The molecule has 1 fully saturated rings. The lowest BCUT2D eigenvalue weighted by Gasteiger charge is -2.17. The number of hydrogen-bond donors (Lipinski definition) is 1. The molecule has 1 heterocycles. The average molecular weight is 222 g/mol. The van der Waals surface area contributed by atoms with E-state index in [4.69, 9.17) is 9.47 Å². The molecule has 0 radical (unpaired) electrons. The second-order valence-corrected chi connectivity index (χ2v) is 4.22. The van der Waals surface area contributed by atoms with Crippen LogP contribution in [0.15, 0.2) is 24.3 Å². The van der Waals surface area contributed by atoms with Crippen molar-refractivity contribution in [3.63, 3.8) is 0 Å². The quantitative estimate of drug-likeness (QED) is 0.848. The lowest BCUT2D eigenvalue weighted by Crippen LogP contribution is -2.08. The van der Waals surface area contributed by atoms with Crippen LogP contribution in [0.2, 0.25) is 0 Å². The molecule has 3 nitrogen and oxygen atoms in total. The maximum Gasteiger partial charge on any atom is 0.124 e. The minimum atomic E-state index is -0.456. The number of hydrogen-bond acceptors (Lipinski definition) is 3. The zero-order valence-electron chi connectivity index (χ0n) is 9.56. The second-order valence-electron chi connectivity index (χ2n) is 4.22. The molecule has 1 aromatic carbocycles. The highest BCUT2D eigenvalue weighted by molar-refractivity contribution is 5.34. The number of benzene rings is 1. The molecule has 0 amide bonds. The highest BCUT2D eigenvalue weighted by Gasteiger charge is 2.21. The summed E-state index contributed by atoms with van der Waals surface area (Å²) >= 11 is 0. The minimum absolute atomic E-state index is 0.456. The summed E-state index contributed by atoms with van der Waals surface area (Å²) in [6.07, 6.45) is 1.34. The Kier molecular flexibility index (Phi) is 3.80. The Morgan fingerprint density at radius 1 is 1.50 bits per heavy atom. The van der Waals surface area contributed by atoms with Crippen LogP contribution in [0.3, 0.4) is 0 Å². The van der Waals surface area contributed by atoms with E-state index in [9.17, 15) is 5.11 Å². The van der Waals surface area contributed by atoms with Crippen molar-refractivity contribution >= 4 is 0 Å². The van der Waals surface area contributed by atoms with Crippen LogP contribution in [-0.4, -0.2) is 25.4 Å². The molecule has 0 aliphatic carbocycles. The summed E-state index contributed by atoms with van der Waals surface area (Å²) in [7, 11) is 1.63. The highest BCUT2D eigenvalue weighted by Crippen LogP contribution is 2.31. The second kappa shape index (κ2) is 5.32. The number of methoxy groups -OCH3 is 1. The van der Waals surface area contributed by atoms with E-state index in [1.807, 2.05) is 24.3 Å². The predicted octanol–water partition coefficient (Wildman–Crippen LogP) is 2.16. The number of ether oxygens (including phenoxy) is 2. The third-order valence-corrected chi connectivity index (χ3v) is 3.08. The SMILES string of the molecule is COc1ccccc1C(O)CC1CCOC1. The van der Waals surface area contributed by atoms with Gasteiger partial charge < -0.3 is 14.6 Å². The fourth-order valence-electron chi connectivity index (χ4n) is 2.15. The Hall–Kier alpha value is -1.06. The first kappa shape index (κ1) is 11.4. The van der Waals surface area contributed by atoms with Crippen LogP contribution in [0.1, 0.15) is 24.5 Å². The Bertz CT molecular complexity index is 332. The largest absolute Gasteiger partial charge is 0.496 e. The molecule has 1 aliphatic rings. The average Bonchev–Trinajstić information content (AvgIpc) is 2.81. The van der Waals surface area contributed by atoms with E-state index in [-0.39, 0.29) is 0 Å². The van der Waals surface area contributed by atoms with Crippen molar-refractivity contribution < 1.29 is 14.6 Å². The van der Waals surface area contributed by atoms with Gasteiger partial charge in [-0.2, -0.15) is 0 Å². The number of aliphatic hydroxyl groups excluding tert-OH is 1. The van der Waals surface area contributed by atoms with Gasteiger partial charge in [0.05, 0.1) is 13.2 Å². The van der Waals surface area contributed by atoms with Crippen LogP contribution in [-0.2, 0) is 4.74 Å². The van der Waals surface area contributed by atoms with E-state index in [1.165, 1.54) is 0 Å². The molecular weight excluding hydrogens is 204 g/mol. The van der Waals surface area contributed by atoms with Crippen LogP contribution in [0, 0.1) is 5.92 Å². The van der Waals surface area contributed by atoms with Crippen molar-refractivity contribution in [3.8, 4) is 5.75 Å². The minimum Gasteiger partial charge on any atom is -0.496 e. The molecule has 88 valence electrons. The maximum atomic E-state index is 10.2. The number of para-hydroxylation sites is 1. The van der Waals surface area contributed by atoms with Gasteiger partial charge in [-0.15, -0.1) is 0 Å². The molecule has 1 aliphatic heterocycles. The Labute approximate surface area is 96.0 Å². The van der Waals surface area contributed by atoms with E-state index in [0.717, 1.165) is 37.4 Å². The molecule has 2 atom stereocenters. The van der Waals surface area contributed by atoms with E-state index in [2.05, 4.69) is 0 Å². The first-order valence-electron chi connectivity index (χ1n) is 5.70. The van der Waals surface area contributed by atoms with Gasteiger partial charge in [-0.25, -0.2) is 0 Å². The summed E-state index contributed by atoms with van der Waals surface area (Å²) < 4.78 is 10.5. The summed E-state index contributed by atoms with van der Waals surface area (Å²) in [4.78, 5) is 0. The van der Waals surface area contributed by atoms with Crippen molar-refractivity contribution in [2.75, 3.05) is 20.3 Å². The fraction of sp³-hybridized carbons (Fsp3) is 0.538. The fourth-order valence-corrected chi connectivity index (χ4v) is 2.15. The molecule has 16 heavy (non-hydrogen) atoms. The van der Waals surface area contributed by atoms with Crippen molar-refractivity contribution in [1.29, 1.82) is 0 Å². The molecule has 1 saturated heterocycles. The summed E-state index contributed by atoms with van der Waals surface area (Å²) in [5.74, 6) is 1.23. The molecular formula is C13H18O3. The van der Waals surface area contributed by atoms with Gasteiger partial charge in [0.15, 0.2) is 0 Å². The molecule has 0 saturated carbocycles. The first-order chi connectivity index (χ1) is 7.81. The Morgan fingerprint density at radius 2 is 2.31 bits per heavy atom. The van der Waals surface area contributed by atoms with Crippen molar-refractivity contribution in [2.45, 2.75) is 18.9 Å².